The van der Waals surface area contributed by atoms with Crippen molar-refractivity contribution in [1.82, 2.24) is 10.2 Å². The molecule has 2 rings (SSSR count). The maximum absolute atomic E-state index is 12.9. The molecule has 2 aromatic carbocycles. The zero-order chi connectivity index (χ0) is 19.6. The highest BCUT2D eigenvalue weighted by molar-refractivity contribution is 6.30. The van der Waals surface area contributed by atoms with Crippen molar-refractivity contribution in [2.45, 2.75) is 32.4 Å². The van der Waals surface area contributed by atoms with Crippen LogP contribution in [-0.2, 0) is 22.6 Å². The van der Waals surface area contributed by atoms with E-state index in [0.717, 1.165) is 11.1 Å². The van der Waals surface area contributed by atoms with Crippen LogP contribution < -0.4 is 5.32 Å². The topological polar surface area (TPSA) is 69.6 Å². The number of hydrogen-bond acceptors (Lipinski definition) is 3. The van der Waals surface area contributed by atoms with Gasteiger partial charge in [-0.15, -0.1) is 0 Å². The molecule has 0 fully saturated rings. The molecule has 5 nitrogen and oxygen atoms in total. The van der Waals surface area contributed by atoms with E-state index in [-0.39, 0.29) is 25.0 Å². The molecule has 144 valence electrons. The van der Waals surface area contributed by atoms with E-state index in [4.69, 9.17) is 16.7 Å². The number of hydrogen-bond donors (Lipinski definition) is 2. The molecule has 0 saturated carbocycles. The van der Waals surface area contributed by atoms with Crippen LogP contribution >= 0.6 is 11.6 Å². The fraction of sp³-hybridized carbons (Fsp3) is 0.333. The lowest BCUT2D eigenvalue weighted by atomic mass is 10.1. The van der Waals surface area contributed by atoms with Crippen LogP contribution in [0.15, 0.2) is 54.6 Å². The van der Waals surface area contributed by atoms with Crippen molar-refractivity contribution in [1.29, 1.82) is 0 Å². The summed E-state index contributed by atoms with van der Waals surface area (Å²) in [4.78, 5) is 26.8. The third kappa shape index (κ3) is 6.70. The minimum Gasteiger partial charge on any atom is -0.395 e. The van der Waals surface area contributed by atoms with Crippen LogP contribution in [0.25, 0.3) is 0 Å². The molecular weight excluding hydrogens is 364 g/mol. The Hall–Kier alpha value is -2.37. The molecule has 2 amide bonds. The normalized spacial score (nSPS) is 11.7. The smallest absolute Gasteiger partial charge is 0.242 e. The fourth-order valence-electron chi connectivity index (χ4n) is 2.74. The van der Waals surface area contributed by atoms with Crippen molar-refractivity contribution in [3.8, 4) is 0 Å². The van der Waals surface area contributed by atoms with E-state index in [1.165, 1.54) is 0 Å². The predicted molar refractivity (Wildman–Crippen MR) is 106 cm³/mol. The average molecular weight is 389 g/mol. The first-order chi connectivity index (χ1) is 13.0. The summed E-state index contributed by atoms with van der Waals surface area (Å²) in [5.41, 5.74) is 1.98. The van der Waals surface area contributed by atoms with E-state index in [2.05, 4.69) is 5.32 Å². The maximum Gasteiger partial charge on any atom is 0.242 e. The Morgan fingerprint density at radius 1 is 1.07 bits per heavy atom. The monoisotopic (exact) mass is 388 g/mol. The number of aliphatic hydroxyl groups excluding tert-OH is 1. The largest absolute Gasteiger partial charge is 0.395 e. The standard InChI is InChI=1S/C21H25ClN2O3/c1-16(21(27)23-13-14-25)24(15-18-7-10-19(22)11-8-18)20(26)12-9-17-5-3-2-4-6-17/h2-8,10-11,16,25H,9,12-15H2,1H3,(H,23,27)/t16-/m0/s1. The number of amides is 2. The molecule has 1 atom stereocenters. The third-order valence-corrected chi connectivity index (χ3v) is 4.57. The molecule has 0 bridgehead atoms. The second-order valence-electron chi connectivity index (χ2n) is 6.32. The second-order valence-corrected chi connectivity index (χ2v) is 6.76. The van der Waals surface area contributed by atoms with Gasteiger partial charge in [0.15, 0.2) is 0 Å². The van der Waals surface area contributed by atoms with Gasteiger partial charge < -0.3 is 15.3 Å². The quantitative estimate of drug-likeness (QED) is 0.694. The molecule has 0 unspecified atom stereocenters. The van der Waals surface area contributed by atoms with E-state index in [9.17, 15) is 9.59 Å². The number of nitrogens with one attached hydrogen (secondary N) is 1. The van der Waals surface area contributed by atoms with Gasteiger partial charge in [0.1, 0.15) is 6.04 Å². The zero-order valence-corrected chi connectivity index (χ0v) is 16.2. The van der Waals surface area contributed by atoms with Crippen molar-refractivity contribution in [2.24, 2.45) is 0 Å². The Balaban J connectivity index is 2.10. The van der Waals surface area contributed by atoms with Crippen LogP contribution in [0.5, 0.6) is 0 Å². The lowest BCUT2D eigenvalue weighted by molar-refractivity contribution is -0.140. The number of halogens is 1. The van der Waals surface area contributed by atoms with E-state index in [1.807, 2.05) is 42.5 Å². The minimum atomic E-state index is -0.643. The Kier molecular flexibility index (Phi) is 8.30. The van der Waals surface area contributed by atoms with E-state index in [1.54, 1.807) is 24.0 Å². The zero-order valence-electron chi connectivity index (χ0n) is 15.4. The SMILES string of the molecule is C[C@@H](C(=O)NCCO)N(Cc1ccc(Cl)cc1)C(=O)CCc1ccccc1. The first-order valence-corrected chi connectivity index (χ1v) is 9.35. The number of carbonyl (C=O) groups is 2. The van der Waals surface area contributed by atoms with Crippen molar-refractivity contribution < 1.29 is 14.7 Å². The number of nitrogens with zero attached hydrogens (tertiary/aromatic N) is 1. The summed E-state index contributed by atoms with van der Waals surface area (Å²) in [7, 11) is 0. The van der Waals surface area contributed by atoms with Crippen LogP contribution in [0.3, 0.4) is 0 Å². The summed E-state index contributed by atoms with van der Waals surface area (Å²) in [6.07, 6.45) is 0.928. The summed E-state index contributed by atoms with van der Waals surface area (Å²) in [6.45, 7) is 2.04. The number of aliphatic hydroxyl groups is 1. The van der Waals surface area contributed by atoms with E-state index >= 15 is 0 Å². The number of benzene rings is 2. The van der Waals surface area contributed by atoms with Crippen molar-refractivity contribution in [3.05, 3.63) is 70.7 Å². The fourth-order valence-corrected chi connectivity index (χ4v) is 2.86. The lowest BCUT2D eigenvalue weighted by Gasteiger charge is -2.29. The van der Waals surface area contributed by atoms with E-state index in [0.29, 0.717) is 24.4 Å². The Labute approximate surface area is 165 Å². The molecular formula is C21H25ClN2O3. The summed E-state index contributed by atoms with van der Waals surface area (Å²) >= 11 is 5.93. The Bertz CT molecular complexity index is 735. The molecule has 0 aliphatic rings. The highest BCUT2D eigenvalue weighted by atomic mass is 35.5. The summed E-state index contributed by atoms with van der Waals surface area (Å²) < 4.78 is 0. The molecule has 2 N–H and O–H groups in total. The maximum atomic E-state index is 12.9. The van der Waals surface area contributed by atoms with Gasteiger partial charge in [-0.1, -0.05) is 54.1 Å². The minimum absolute atomic E-state index is 0.0968. The highest BCUT2D eigenvalue weighted by Gasteiger charge is 2.25. The second kappa shape index (κ2) is 10.7. The summed E-state index contributed by atoms with van der Waals surface area (Å²) in [5.74, 6) is -0.383. The predicted octanol–water partition coefficient (Wildman–Crippen LogP) is 2.80. The molecule has 0 spiro atoms. The van der Waals surface area contributed by atoms with Crippen LogP contribution in [0.4, 0.5) is 0 Å². The molecule has 2 aromatic rings. The van der Waals surface area contributed by atoms with Gasteiger partial charge >= 0.3 is 0 Å². The van der Waals surface area contributed by atoms with Gasteiger partial charge in [-0.2, -0.15) is 0 Å². The van der Waals surface area contributed by atoms with Crippen LogP contribution in [0, 0.1) is 0 Å². The van der Waals surface area contributed by atoms with Gasteiger partial charge in [0.05, 0.1) is 6.61 Å². The number of rotatable bonds is 9. The first kappa shape index (κ1) is 20.9. The highest BCUT2D eigenvalue weighted by Crippen LogP contribution is 2.15. The lowest BCUT2D eigenvalue weighted by Crippen LogP contribution is -2.48. The average Bonchev–Trinajstić information content (AvgIpc) is 2.70. The number of aryl methyl sites for hydroxylation is 1. The van der Waals surface area contributed by atoms with Crippen LogP contribution in [0.1, 0.15) is 24.5 Å². The van der Waals surface area contributed by atoms with Crippen LogP contribution in [0.2, 0.25) is 5.02 Å². The molecule has 0 aromatic heterocycles. The van der Waals surface area contributed by atoms with Gasteiger partial charge in [-0.25, -0.2) is 0 Å². The molecule has 0 saturated heterocycles. The van der Waals surface area contributed by atoms with Gasteiger partial charge in [0.2, 0.25) is 11.8 Å². The summed E-state index contributed by atoms with van der Waals surface area (Å²) in [6, 6.07) is 16.4. The van der Waals surface area contributed by atoms with Crippen molar-refractivity contribution >= 4 is 23.4 Å². The molecule has 27 heavy (non-hydrogen) atoms. The molecule has 0 radical (unpaired) electrons. The molecule has 0 aliphatic carbocycles. The molecule has 0 heterocycles. The van der Waals surface area contributed by atoms with Crippen molar-refractivity contribution in [3.63, 3.8) is 0 Å². The molecule has 0 aliphatic heterocycles. The summed E-state index contributed by atoms with van der Waals surface area (Å²) in [5, 5.41) is 12.2. The number of carbonyl (C=O) groups excluding carboxylic acids is 2. The third-order valence-electron chi connectivity index (χ3n) is 4.31. The first-order valence-electron chi connectivity index (χ1n) is 8.97. The van der Waals surface area contributed by atoms with Gasteiger partial charge in [-0.05, 0) is 36.6 Å². The molecule has 6 heteroatoms. The Morgan fingerprint density at radius 3 is 2.37 bits per heavy atom. The van der Waals surface area contributed by atoms with E-state index < -0.39 is 6.04 Å². The van der Waals surface area contributed by atoms with Gasteiger partial charge in [-0.3, -0.25) is 9.59 Å². The Morgan fingerprint density at radius 2 is 1.74 bits per heavy atom. The van der Waals surface area contributed by atoms with Crippen LogP contribution in [-0.4, -0.2) is 41.0 Å². The van der Waals surface area contributed by atoms with Gasteiger partial charge in [0.25, 0.3) is 0 Å². The van der Waals surface area contributed by atoms with Crippen molar-refractivity contribution in [2.75, 3.05) is 13.2 Å². The van der Waals surface area contributed by atoms with Gasteiger partial charge in [0, 0.05) is 24.5 Å².